The highest BCUT2D eigenvalue weighted by Crippen LogP contribution is 2.29. The van der Waals surface area contributed by atoms with Gasteiger partial charge in [-0.05, 0) is 29.2 Å². The van der Waals surface area contributed by atoms with E-state index in [4.69, 9.17) is 4.74 Å². The van der Waals surface area contributed by atoms with Crippen LogP contribution in [0.2, 0.25) is 0 Å². The summed E-state index contributed by atoms with van der Waals surface area (Å²) in [4.78, 5) is 31.2. The maximum Gasteiger partial charge on any atom is 0.274 e. The largest absolute Gasteiger partial charge is 0.378 e. The van der Waals surface area contributed by atoms with Crippen molar-refractivity contribution in [2.24, 2.45) is 0 Å². The molecule has 6 nitrogen and oxygen atoms in total. The van der Waals surface area contributed by atoms with Crippen LogP contribution >= 0.6 is 0 Å². The fourth-order valence-corrected chi connectivity index (χ4v) is 3.07. The summed E-state index contributed by atoms with van der Waals surface area (Å²) < 4.78 is 5.28. The van der Waals surface area contributed by atoms with E-state index in [0.29, 0.717) is 31.9 Å². The van der Waals surface area contributed by atoms with Crippen molar-refractivity contribution >= 4 is 17.5 Å². The van der Waals surface area contributed by atoms with E-state index < -0.39 is 0 Å². The van der Waals surface area contributed by atoms with Crippen molar-refractivity contribution in [3.05, 3.63) is 59.4 Å². The molecule has 1 aliphatic rings. The van der Waals surface area contributed by atoms with E-state index >= 15 is 0 Å². The molecular weight excluding hydrogens is 342 g/mol. The van der Waals surface area contributed by atoms with Gasteiger partial charge in [0.25, 0.3) is 11.8 Å². The molecule has 0 bridgehead atoms. The van der Waals surface area contributed by atoms with Crippen molar-refractivity contribution in [1.29, 1.82) is 0 Å². The predicted molar refractivity (Wildman–Crippen MR) is 104 cm³/mol. The smallest absolute Gasteiger partial charge is 0.274 e. The van der Waals surface area contributed by atoms with Crippen LogP contribution in [0, 0.1) is 0 Å². The van der Waals surface area contributed by atoms with Crippen molar-refractivity contribution in [2.75, 3.05) is 31.6 Å². The molecule has 0 aliphatic carbocycles. The van der Waals surface area contributed by atoms with Gasteiger partial charge in [-0.2, -0.15) is 0 Å². The van der Waals surface area contributed by atoms with Crippen molar-refractivity contribution < 1.29 is 14.3 Å². The second-order valence-corrected chi connectivity index (χ2v) is 7.58. The van der Waals surface area contributed by atoms with Crippen LogP contribution in [0.15, 0.2) is 42.6 Å². The Morgan fingerprint density at radius 3 is 2.52 bits per heavy atom. The van der Waals surface area contributed by atoms with Gasteiger partial charge in [-0.15, -0.1) is 0 Å². The number of ether oxygens (including phenoxy) is 1. The van der Waals surface area contributed by atoms with Crippen LogP contribution in [0.1, 0.15) is 47.2 Å². The summed E-state index contributed by atoms with van der Waals surface area (Å²) in [6.45, 7) is 8.47. The lowest BCUT2D eigenvalue weighted by Crippen LogP contribution is -2.40. The van der Waals surface area contributed by atoms with Gasteiger partial charge in [0.2, 0.25) is 0 Å². The molecule has 2 aromatic rings. The van der Waals surface area contributed by atoms with Crippen LogP contribution in [0.4, 0.5) is 5.69 Å². The molecule has 1 aromatic heterocycles. The van der Waals surface area contributed by atoms with Crippen molar-refractivity contribution in [3.63, 3.8) is 0 Å². The normalized spacial score (nSPS) is 14.7. The van der Waals surface area contributed by atoms with E-state index in [2.05, 4.69) is 31.1 Å². The highest BCUT2D eigenvalue weighted by atomic mass is 16.5. The third-order valence-electron chi connectivity index (χ3n) is 4.52. The number of hydrogen-bond donors (Lipinski definition) is 1. The number of pyridine rings is 1. The third-order valence-corrected chi connectivity index (χ3v) is 4.52. The maximum atomic E-state index is 12.7. The molecule has 1 saturated heterocycles. The lowest BCUT2D eigenvalue weighted by Gasteiger charge is -2.26. The SMILES string of the molecule is CC(C)(C)c1ccccc1NC(=O)c1cc(C(=O)N2CCOCC2)ccn1. The van der Waals surface area contributed by atoms with Gasteiger partial charge in [-0.3, -0.25) is 14.6 Å². The molecular formula is C21H25N3O3. The van der Waals surface area contributed by atoms with Gasteiger partial charge in [0.1, 0.15) is 5.69 Å². The molecule has 1 aromatic carbocycles. The average molecular weight is 367 g/mol. The van der Waals surface area contributed by atoms with E-state index in [9.17, 15) is 9.59 Å². The molecule has 1 N–H and O–H groups in total. The Labute approximate surface area is 159 Å². The van der Waals surface area contributed by atoms with E-state index in [0.717, 1.165) is 11.3 Å². The second-order valence-electron chi connectivity index (χ2n) is 7.58. The fraction of sp³-hybridized carbons (Fsp3) is 0.381. The molecule has 27 heavy (non-hydrogen) atoms. The van der Waals surface area contributed by atoms with Crippen LogP contribution < -0.4 is 5.32 Å². The quantitative estimate of drug-likeness (QED) is 0.905. The first kappa shape index (κ1) is 19.0. The Morgan fingerprint density at radius 2 is 1.81 bits per heavy atom. The van der Waals surface area contributed by atoms with E-state index in [-0.39, 0.29) is 22.9 Å². The summed E-state index contributed by atoms with van der Waals surface area (Å²) in [7, 11) is 0. The standard InChI is InChI=1S/C21H25N3O3/c1-21(2,3)16-6-4-5-7-17(16)23-19(25)18-14-15(8-9-22-18)20(26)24-10-12-27-13-11-24/h4-9,14H,10-13H2,1-3H3,(H,23,25). The minimum absolute atomic E-state index is 0.106. The van der Waals surface area contributed by atoms with Gasteiger partial charge in [0, 0.05) is 30.5 Å². The number of benzene rings is 1. The summed E-state index contributed by atoms with van der Waals surface area (Å²) >= 11 is 0. The minimum atomic E-state index is -0.330. The molecule has 6 heteroatoms. The first-order valence-electron chi connectivity index (χ1n) is 9.10. The van der Waals surface area contributed by atoms with Crippen molar-refractivity contribution in [1.82, 2.24) is 9.88 Å². The first-order chi connectivity index (χ1) is 12.9. The Balaban J connectivity index is 1.79. The predicted octanol–water partition coefficient (Wildman–Crippen LogP) is 3.10. The summed E-state index contributed by atoms with van der Waals surface area (Å²) in [5.41, 5.74) is 2.37. The summed E-state index contributed by atoms with van der Waals surface area (Å²) in [5, 5.41) is 2.93. The molecule has 0 atom stereocenters. The lowest BCUT2D eigenvalue weighted by molar-refractivity contribution is 0.0303. The highest BCUT2D eigenvalue weighted by Gasteiger charge is 2.22. The number of anilines is 1. The zero-order valence-corrected chi connectivity index (χ0v) is 16.0. The molecule has 1 fully saturated rings. The zero-order chi connectivity index (χ0) is 19.4. The average Bonchev–Trinajstić information content (AvgIpc) is 2.68. The topological polar surface area (TPSA) is 71.5 Å². The molecule has 0 saturated carbocycles. The Hall–Kier alpha value is -2.73. The number of hydrogen-bond acceptors (Lipinski definition) is 4. The number of morpholine rings is 1. The summed E-state index contributed by atoms with van der Waals surface area (Å²) in [6, 6.07) is 10.9. The van der Waals surface area contributed by atoms with E-state index in [1.807, 2.05) is 24.3 Å². The highest BCUT2D eigenvalue weighted by molar-refractivity contribution is 6.05. The molecule has 2 amide bonds. The molecule has 142 valence electrons. The molecule has 0 unspecified atom stereocenters. The molecule has 3 rings (SSSR count). The molecule has 0 spiro atoms. The monoisotopic (exact) mass is 367 g/mol. The number of nitrogens with one attached hydrogen (secondary N) is 1. The number of para-hydroxylation sites is 1. The van der Waals surface area contributed by atoms with E-state index in [1.54, 1.807) is 17.0 Å². The van der Waals surface area contributed by atoms with Crippen LogP contribution in [0.5, 0.6) is 0 Å². The van der Waals surface area contributed by atoms with Gasteiger partial charge in [-0.1, -0.05) is 39.0 Å². The second kappa shape index (κ2) is 7.88. The van der Waals surface area contributed by atoms with Gasteiger partial charge in [-0.25, -0.2) is 0 Å². The summed E-state index contributed by atoms with van der Waals surface area (Å²) in [6.07, 6.45) is 1.50. The van der Waals surface area contributed by atoms with Crippen LogP contribution in [0.3, 0.4) is 0 Å². The van der Waals surface area contributed by atoms with E-state index in [1.165, 1.54) is 6.20 Å². The van der Waals surface area contributed by atoms with Crippen LogP contribution in [0.25, 0.3) is 0 Å². The van der Waals surface area contributed by atoms with Crippen LogP contribution in [-0.4, -0.2) is 48.0 Å². The molecule has 2 heterocycles. The minimum Gasteiger partial charge on any atom is -0.378 e. The van der Waals surface area contributed by atoms with Gasteiger partial charge in [0.05, 0.1) is 13.2 Å². The third kappa shape index (κ3) is 4.52. The number of carbonyl (C=O) groups excluding carboxylic acids is 2. The van der Waals surface area contributed by atoms with Crippen molar-refractivity contribution in [2.45, 2.75) is 26.2 Å². The molecule has 0 radical (unpaired) electrons. The Morgan fingerprint density at radius 1 is 1.11 bits per heavy atom. The van der Waals surface area contributed by atoms with Crippen molar-refractivity contribution in [3.8, 4) is 0 Å². The fourth-order valence-electron chi connectivity index (χ4n) is 3.07. The van der Waals surface area contributed by atoms with Gasteiger partial charge >= 0.3 is 0 Å². The molecule has 1 aliphatic heterocycles. The summed E-state index contributed by atoms with van der Waals surface area (Å²) in [5.74, 6) is -0.437. The zero-order valence-electron chi connectivity index (χ0n) is 16.0. The number of nitrogens with zero attached hydrogens (tertiary/aromatic N) is 2. The number of carbonyl (C=O) groups is 2. The van der Waals surface area contributed by atoms with Gasteiger partial charge in [0.15, 0.2) is 0 Å². The Bertz CT molecular complexity index is 837. The van der Waals surface area contributed by atoms with Crippen LogP contribution in [-0.2, 0) is 10.2 Å². The lowest BCUT2D eigenvalue weighted by atomic mass is 9.86. The first-order valence-corrected chi connectivity index (χ1v) is 9.10. The van der Waals surface area contributed by atoms with Gasteiger partial charge < -0.3 is 15.0 Å². The maximum absolute atomic E-state index is 12.7. The number of amides is 2. The Kier molecular flexibility index (Phi) is 5.56. The number of aromatic nitrogens is 1. The number of rotatable bonds is 3.